The zero-order chi connectivity index (χ0) is 25.4. The quantitative estimate of drug-likeness (QED) is 0.420. The first-order valence-corrected chi connectivity index (χ1v) is 12.9. The molecule has 3 heterocycles. The highest BCUT2D eigenvalue weighted by Crippen LogP contribution is 2.41. The highest BCUT2D eigenvalue weighted by atomic mass is 32.1. The minimum absolute atomic E-state index is 0.0588. The molecule has 9 heteroatoms. The zero-order valence-corrected chi connectivity index (χ0v) is 20.8. The van der Waals surface area contributed by atoms with Gasteiger partial charge >= 0.3 is 0 Å². The maximum absolute atomic E-state index is 13.8. The molecule has 1 N–H and O–H groups in total. The van der Waals surface area contributed by atoms with Gasteiger partial charge in [-0.1, -0.05) is 60.7 Å². The van der Waals surface area contributed by atoms with Crippen LogP contribution in [0, 0.1) is 11.6 Å². The average Bonchev–Trinajstić information content (AvgIpc) is 3.49. The van der Waals surface area contributed by atoms with E-state index in [-0.39, 0.29) is 25.0 Å². The lowest BCUT2D eigenvalue weighted by Gasteiger charge is -2.48. The number of piperazine rings is 1. The average molecular weight is 518 g/mol. The first-order valence-electron chi connectivity index (χ1n) is 12.2. The van der Waals surface area contributed by atoms with E-state index in [0.29, 0.717) is 36.0 Å². The van der Waals surface area contributed by atoms with Crippen LogP contribution in [0.15, 0.2) is 78.9 Å². The number of aromatic nitrogens is 2. The number of hydrogen-bond donors (Lipinski definition) is 1. The summed E-state index contributed by atoms with van der Waals surface area (Å²) in [5.74, 6) is -0.589. The highest BCUT2D eigenvalue weighted by molar-refractivity contribution is 7.05. The van der Waals surface area contributed by atoms with Crippen LogP contribution in [0.3, 0.4) is 0 Å². The highest BCUT2D eigenvalue weighted by Gasteiger charge is 2.55. The number of carbonyl (C=O) groups excluding carboxylic acids is 1. The normalized spacial score (nSPS) is 21.8. The summed E-state index contributed by atoms with van der Waals surface area (Å²) in [4.78, 5) is 22.4. The van der Waals surface area contributed by atoms with Gasteiger partial charge in [-0.15, -0.1) is 0 Å². The van der Waals surface area contributed by atoms with Gasteiger partial charge in [-0.25, -0.2) is 13.8 Å². The van der Waals surface area contributed by atoms with E-state index in [1.807, 2.05) is 65.6 Å². The topological polar surface area (TPSA) is 61.4 Å². The summed E-state index contributed by atoms with van der Waals surface area (Å²) in [6.45, 7) is 1.93. The molecule has 2 atom stereocenters. The molecule has 2 aliphatic heterocycles. The van der Waals surface area contributed by atoms with E-state index in [1.165, 1.54) is 23.7 Å². The summed E-state index contributed by atoms with van der Waals surface area (Å²) in [6.07, 6.45) is 0.0959. The van der Waals surface area contributed by atoms with E-state index in [9.17, 15) is 13.6 Å². The van der Waals surface area contributed by atoms with E-state index in [4.69, 9.17) is 9.36 Å². The Hall–Kier alpha value is -3.53. The molecule has 1 unspecified atom stereocenters. The van der Waals surface area contributed by atoms with Crippen molar-refractivity contribution in [3.8, 4) is 0 Å². The minimum Gasteiger partial charge on any atom is -0.320 e. The fourth-order valence-corrected chi connectivity index (χ4v) is 6.19. The summed E-state index contributed by atoms with van der Waals surface area (Å²) in [5, 5.41) is 4.20. The van der Waals surface area contributed by atoms with Crippen LogP contribution in [0.5, 0.6) is 0 Å². The molecule has 6 nitrogen and oxygen atoms in total. The van der Waals surface area contributed by atoms with Gasteiger partial charge in [0.15, 0.2) is 5.82 Å². The molecule has 2 aliphatic rings. The summed E-state index contributed by atoms with van der Waals surface area (Å²) in [6, 6.07) is 23.5. The van der Waals surface area contributed by atoms with E-state index in [1.54, 1.807) is 0 Å². The van der Waals surface area contributed by atoms with Gasteiger partial charge in [0.05, 0.1) is 12.7 Å². The number of rotatable bonds is 6. The van der Waals surface area contributed by atoms with Crippen molar-refractivity contribution in [3.63, 3.8) is 0 Å². The number of halogens is 2. The molecule has 0 bridgehead atoms. The molecule has 6 rings (SSSR count). The third kappa shape index (κ3) is 4.43. The van der Waals surface area contributed by atoms with E-state index < -0.39 is 17.2 Å². The van der Waals surface area contributed by atoms with Crippen molar-refractivity contribution < 1.29 is 13.6 Å². The number of hydrogen-bond acceptors (Lipinski definition) is 6. The summed E-state index contributed by atoms with van der Waals surface area (Å²) < 4.78 is 32.3. The van der Waals surface area contributed by atoms with E-state index in [2.05, 4.69) is 10.2 Å². The Morgan fingerprint density at radius 3 is 2.41 bits per heavy atom. The molecule has 2 fully saturated rings. The Balaban J connectivity index is 1.38. The molecular weight excluding hydrogens is 492 g/mol. The van der Waals surface area contributed by atoms with E-state index in [0.717, 1.165) is 17.2 Å². The van der Waals surface area contributed by atoms with Gasteiger partial charge in [-0.2, -0.15) is 4.37 Å². The molecule has 1 aromatic heterocycles. The van der Waals surface area contributed by atoms with Crippen molar-refractivity contribution in [1.82, 2.24) is 24.5 Å². The number of nitrogens with zero attached hydrogens (tertiary/aromatic N) is 4. The van der Waals surface area contributed by atoms with Gasteiger partial charge in [0.1, 0.15) is 22.2 Å². The van der Waals surface area contributed by atoms with Crippen LogP contribution in [0.4, 0.5) is 8.78 Å². The Kier molecular flexibility index (Phi) is 6.27. The number of fused-ring (bicyclic) bond motifs is 1. The molecule has 1 amide bonds. The second-order valence-electron chi connectivity index (χ2n) is 9.44. The van der Waals surface area contributed by atoms with Gasteiger partial charge in [0.25, 0.3) is 0 Å². The van der Waals surface area contributed by atoms with Gasteiger partial charge in [-0.3, -0.25) is 9.69 Å². The number of nitrogens with one attached hydrogen (secondary N) is 1. The molecule has 4 aromatic rings. The van der Waals surface area contributed by atoms with Crippen LogP contribution in [0.1, 0.15) is 27.5 Å². The first kappa shape index (κ1) is 23.8. The van der Waals surface area contributed by atoms with Gasteiger partial charge < -0.3 is 10.2 Å². The SMILES string of the molecule is O=C1CN2C(CNC[C@@]2(c2ccccc2)c2nsc(Cc3cc(F)cc(F)c3)n2)N1Cc1ccccc1. The van der Waals surface area contributed by atoms with Crippen LogP contribution >= 0.6 is 11.5 Å². The molecule has 0 saturated carbocycles. The number of carbonyl (C=O) groups is 1. The summed E-state index contributed by atoms with van der Waals surface area (Å²) in [5.41, 5.74) is 1.79. The number of amides is 1. The van der Waals surface area contributed by atoms with Crippen molar-refractivity contribution >= 4 is 17.4 Å². The molecule has 0 spiro atoms. The van der Waals surface area contributed by atoms with Crippen molar-refractivity contribution in [2.45, 2.75) is 24.7 Å². The first-order chi connectivity index (χ1) is 18.0. The van der Waals surface area contributed by atoms with E-state index >= 15 is 0 Å². The molecule has 188 valence electrons. The van der Waals surface area contributed by atoms with Crippen molar-refractivity contribution in [2.75, 3.05) is 19.6 Å². The Morgan fingerprint density at radius 2 is 1.68 bits per heavy atom. The third-order valence-electron chi connectivity index (χ3n) is 7.11. The Bertz CT molecular complexity index is 1400. The number of benzene rings is 3. The predicted molar refractivity (Wildman–Crippen MR) is 137 cm³/mol. The van der Waals surface area contributed by atoms with Crippen LogP contribution in [-0.4, -0.2) is 50.9 Å². The molecule has 37 heavy (non-hydrogen) atoms. The lowest BCUT2D eigenvalue weighted by Crippen LogP contribution is -2.64. The van der Waals surface area contributed by atoms with Crippen molar-refractivity contribution in [1.29, 1.82) is 0 Å². The Morgan fingerprint density at radius 1 is 0.973 bits per heavy atom. The van der Waals surface area contributed by atoms with Crippen molar-refractivity contribution in [2.24, 2.45) is 0 Å². The van der Waals surface area contributed by atoms with Crippen LogP contribution in [-0.2, 0) is 23.3 Å². The maximum Gasteiger partial charge on any atom is 0.238 e. The molecular formula is C28H25F2N5OS. The fourth-order valence-electron chi connectivity index (χ4n) is 5.44. The molecule has 0 aliphatic carbocycles. The fraction of sp³-hybridized carbons (Fsp3) is 0.250. The molecule has 2 saturated heterocycles. The summed E-state index contributed by atoms with van der Waals surface area (Å²) in [7, 11) is 0. The molecule has 3 aromatic carbocycles. The Labute approximate surface area is 217 Å². The second kappa shape index (κ2) is 9.74. The zero-order valence-electron chi connectivity index (χ0n) is 20.0. The second-order valence-corrected chi connectivity index (χ2v) is 10.3. The standard InChI is InChI=1S/C28H25F2N5OS/c29-22-11-20(12-23(30)14-22)13-24-32-27(33-37-24)28(21-9-5-2-6-10-21)18-31-15-25-34(26(36)17-35(25)28)16-19-7-3-1-4-8-19/h1-12,14,25,31H,13,15-18H2/t25?,28-/m1/s1. The maximum atomic E-state index is 13.8. The van der Waals surface area contributed by atoms with Crippen LogP contribution in [0.2, 0.25) is 0 Å². The van der Waals surface area contributed by atoms with Crippen LogP contribution in [0.25, 0.3) is 0 Å². The minimum atomic E-state index is -0.771. The van der Waals surface area contributed by atoms with Gasteiger partial charge in [0, 0.05) is 32.1 Å². The lowest BCUT2D eigenvalue weighted by molar-refractivity contribution is -0.128. The van der Waals surface area contributed by atoms with Crippen molar-refractivity contribution in [3.05, 3.63) is 118 Å². The predicted octanol–water partition coefficient (Wildman–Crippen LogP) is 3.92. The van der Waals surface area contributed by atoms with Crippen LogP contribution < -0.4 is 5.32 Å². The monoisotopic (exact) mass is 517 g/mol. The summed E-state index contributed by atoms with van der Waals surface area (Å²) >= 11 is 1.22. The smallest absolute Gasteiger partial charge is 0.238 e. The van der Waals surface area contributed by atoms with Gasteiger partial charge in [0.2, 0.25) is 5.91 Å². The lowest BCUT2D eigenvalue weighted by atomic mass is 9.85. The molecule has 0 radical (unpaired) electrons. The third-order valence-corrected chi connectivity index (χ3v) is 7.82. The van der Waals surface area contributed by atoms with Gasteiger partial charge in [-0.05, 0) is 40.4 Å². The largest absolute Gasteiger partial charge is 0.320 e.